The van der Waals surface area contributed by atoms with Crippen molar-refractivity contribution in [1.29, 1.82) is 0 Å². The number of aryl methyl sites for hydroxylation is 1. The molecule has 0 spiro atoms. The van der Waals surface area contributed by atoms with Gasteiger partial charge in [0.25, 0.3) is 0 Å². The first-order valence-corrected chi connectivity index (χ1v) is 7.85. The van der Waals surface area contributed by atoms with E-state index in [4.69, 9.17) is 16.3 Å². The first kappa shape index (κ1) is 14.8. The van der Waals surface area contributed by atoms with Crippen molar-refractivity contribution < 1.29 is 9.13 Å². The molecule has 0 saturated carbocycles. The second-order valence-corrected chi connectivity index (χ2v) is 6.53. The van der Waals surface area contributed by atoms with Gasteiger partial charge in [-0.3, -0.25) is 0 Å². The Hall–Kier alpha value is -1.13. The molecule has 1 fully saturated rings. The van der Waals surface area contributed by atoms with Crippen molar-refractivity contribution in [3.8, 4) is 0 Å². The van der Waals surface area contributed by atoms with Crippen molar-refractivity contribution in [3.05, 3.63) is 29.3 Å². The first-order chi connectivity index (χ1) is 10.0. The maximum absolute atomic E-state index is 13.7. The van der Waals surface area contributed by atoms with Crippen LogP contribution in [0.4, 0.5) is 4.39 Å². The highest BCUT2D eigenvalue weighted by Gasteiger charge is 2.29. The third-order valence-electron chi connectivity index (χ3n) is 4.47. The molecule has 5 heteroatoms. The molecule has 0 unspecified atom stereocenters. The summed E-state index contributed by atoms with van der Waals surface area (Å²) >= 11 is 6.04. The van der Waals surface area contributed by atoms with E-state index < -0.39 is 0 Å². The fourth-order valence-corrected chi connectivity index (χ4v) is 3.19. The van der Waals surface area contributed by atoms with Gasteiger partial charge in [-0.2, -0.15) is 0 Å². The third-order valence-corrected chi connectivity index (χ3v) is 4.71. The van der Waals surface area contributed by atoms with Crippen LogP contribution >= 0.6 is 11.6 Å². The molecule has 114 valence electrons. The molecule has 1 aliphatic heterocycles. The minimum Gasteiger partial charge on any atom is -0.381 e. The van der Waals surface area contributed by atoms with E-state index in [1.807, 2.05) is 6.07 Å². The lowest BCUT2D eigenvalue weighted by Gasteiger charge is -2.34. The number of benzene rings is 1. The molecular formula is C16H20ClFN2O. The Kier molecular flexibility index (Phi) is 3.93. The van der Waals surface area contributed by atoms with Gasteiger partial charge in [0.05, 0.1) is 16.9 Å². The summed E-state index contributed by atoms with van der Waals surface area (Å²) in [6.45, 7) is 6.50. The summed E-state index contributed by atoms with van der Waals surface area (Å²) in [7, 11) is 0. The summed E-state index contributed by atoms with van der Waals surface area (Å²) in [5.74, 6) is 0.928. The second-order valence-electron chi connectivity index (χ2n) is 6.26. The number of hydrogen-bond donors (Lipinski definition) is 0. The number of ether oxygens (including phenoxy) is 1. The average molecular weight is 311 g/mol. The molecule has 1 saturated heterocycles. The summed E-state index contributed by atoms with van der Waals surface area (Å²) in [6, 6.07) is 3.37. The zero-order valence-corrected chi connectivity index (χ0v) is 13.2. The molecule has 1 aliphatic rings. The Morgan fingerprint density at radius 3 is 2.76 bits per heavy atom. The molecular weight excluding hydrogens is 291 g/mol. The highest BCUT2D eigenvalue weighted by molar-refractivity contribution is 6.16. The molecule has 2 aromatic rings. The van der Waals surface area contributed by atoms with Crippen LogP contribution in [0.15, 0.2) is 12.1 Å². The maximum atomic E-state index is 13.7. The van der Waals surface area contributed by atoms with Crippen LogP contribution in [0.1, 0.15) is 31.2 Å². The molecule has 2 heterocycles. The van der Waals surface area contributed by atoms with E-state index in [1.54, 1.807) is 6.92 Å². The van der Waals surface area contributed by atoms with Gasteiger partial charge in [0.1, 0.15) is 11.6 Å². The van der Waals surface area contributed by atoms with E-state index in [0.717, 1.165) is 43.9 Å². The number of imidazole rings is 1. The van der Waals surface area contributed by atoms with E-state index >= 15 is 0 Å². The van der Waals surface area contributed by atoms with Crippen LogP contribution < -0.4 is 0 Å². The lowest BCUT2D eigenvalue weighted by molar-refractivity contribution is 0.0157. The number of fused-ring (bicyclic) bond motifs is 1. The third kappa shape index (κ3) is 2.79. The van der Waals surface area contributed by atoms with Crippen LogP contribution in [0.2, 0.25) is 0 Å². The molecule has 1 aromatic carbocycles. The SMILES string of the molecule is Cc1cc2c(cc1F)nc(CCl)n2CC1(C)CCOCC1. The summed E-state index contributed by atoms with van der Waals surface area (Å²) in [5, 5.41) is 0. The highest BCUT2D eigenvalue weighted by atomic mass is 35.5. The molecule has 1 aromatic heterocycles. The van der Waals surface area contributed by atoms with Gasteiger partial charge in [-0.25, -0.2) is 9.37 Å². The van der Waals surface area contributed by atoms with Crippen molar-refractivity contribution >= 4 is 22.6 Å². The Bertz CT molecular complexity index is 662. The van der Waals surface area contributed by atoms with Gasteiger partial charge in [-0.1, -0.05) is 6.92 Å². The Morgan fingerprint density at radius 2 is 2.10 bits per heavy atom. The zero-order valence-electron chi connectivity index (χ0n) is 12.5. The van der Waals surface area contributed by atoms with E-state index in [2.05, 4.69) is 16.5 Å². The fraction of sp³-hybridized carbons (Fsp3) is 0.562. The first-order valence-electron chi connectivity index (χ1n) is 7.31. The summed E-state index contributed by atoms with van der Waals surface area (Å²) in [4.78, 5) is 4.49. The molecule has 0 atom stereocenters. The van der Waals surface area contributed by atoms with Crippen LogP contribution in [0.25, 0.3) is 11.0 Å². The van der Waals surface area contributed by atoms with Crippen molar-refractivity contribution in [2.45, 2.75) is 39.1 Å². The largest absolute Gasteiger partial charge is 0.381 e. The number of alkyl halides is 1. The lowest BCUT2D eigenvalue weighted by Crippen LogP contribution is -2.31. The molecule has 3 rings (SSSR count). The quantitative estimate of drug-likeness (QED) is 0.800. The predicted molar refractivity (Wildman–Crippen MR) is 82.1 cm³/mol. The van der Waals surface area contributed by atoms with Gasteiger partial charge in [0.15, 0.2) is 0 Å². The topological polar surface area (TPSA) is 27.1 Å². The molecule has 0 radical (unpaired) electrons. The van der Waals surface area contributed by atoms with Crippen molar-refractivity contribution in [2.24, 2.45) is 5.41 Å². The van der Waals surface area contributed by atoms with Crippen LogP contribution in [0.3, 0.4) is 0 Å². The summed E-state index contributed by atoms with van der Waals surface area (Å²) < 4.78 is 21.3. The smallest absolute Gasteiger partial charge is 0.128 e. The fourth-order valence-electron chi connectivity index (χ4n) is 2.98. The molecule has 0 bridgehead atoms. The number of nitrogens with zero attached hydrogens (tertiary/aromatic N) is 2. The average Bonchev–Trinajstić information content (AvgIpc) is 2.77. The molecule has 0 aliphatic carbocycles. The normalized spacial score (nSPS) is 18.3. The van der Waals surface area contributed by atoms with Crippen molar-refractivity contribution in [3.63, 3.8) is 0 Å². The minimum absolute atomic E-state index is 0.176. The van der Waals surface area contributed by atoms with Gasteiger partial charge in [0.2, 0.25) is 0 Å². The van der Waals surface area contributed by atoms with E-state index in [1.165, 1.54) is 6.07 Å². The number of hydrogen-bond acceptors (Lipinski definition) is 2. The highest BCUT2D eigenvalue weighted by Crippen LogP contribution is 2.34. The minimum atomic E-state index is -0.217. The van der Waals surface area contributed by atoms with Crippen LogP contribution in [0.5, 0.6) is 0 Å². The van der Waals surface area contributed by atoms with Crippen LogP contribution in [-0.4, -0.2) is 22.8 Å². The van der Waals surface area contributed by atoms with E-state index in [-0.39, 0.29) is 11.2 Å². The van der Waals surface area contributed by atoms with Gasteiger partial charge in [0, 0.05) is 25.8 Å². The maximum Gasteiger partial charge on any atom is 0.128 e. The van der Waals surface area contributed by atoms with Crippen LogP contribution in [-0.2, 0) is 17.2 Å². The molecule has 21 heavy (non-hydrogen) atoms. The number of rotatable bonds is 3. The molecule has 3 nitrogen and oxygen atoms in total. The Labute approximate surface area is 129 Å². The zero-order chi connectivity index (χ0) is 15.0. The summed E-state index contributed by atoms with van der Waals surface area (Å²) in [5.41, 5.74) is 2.47. The summed E-state index contributed by atoms with van der Waals surface area (Å²) in [6.07, 6.45) is 2.04. The predicted octanol–water partition coefficient (Wildman–Crippen LogP) is 4.04. The Morgan fingerprint density at radius 1 is 1.38 bits per heavy atom. The van der Waals surface area contributed by atoms with Crippen LogP contribution in [0, 0.1) is 18.2 Å². The van der Waals surface area contributed by atoms with Crippen molar-refractivity contribution in [2.75, 3.05) is 13.2 Å². The molecule has 0 N–H and O–H groups in total. The second kappa shape index (κ2) is 5.58. The number of aromatic nitrogens is 2. The van der Waals surface area contributed by atoms with Gasteiger partial charge < -0.3 is 9.30 Å². The molecule has 0 amide bonds. The van der Waals surface area contributed by atoms with Crippen molar-refractivity contribution in [1.82, 2.24) is 9.55 Å². The van der Waals surface area contributed by atoms with E-state index in [9.17, 15) is 4.39 Å². The lowest BCUT2D eigenvalue weighted by atomic mass is 9.82. The Balaban J connectivity index is 2.05. The van der Waals surface area contributed by atoms with Gasteiger partial charge >= 0.3 is 0 Å². The van der Waals surface area contributed by atoms with E-state index in [0.29, 0.717) is 17.0 Å². The standard InChI is InChI=1S/C16H20ClFN2O/c1-11-7-14-13(8-12(11)18)19-15(9-17)20(14)10-16(2)3-5-21-6-4-16/h7-8H,3-6,9-10H2,1-2H3. The van der Waals surface area contributed by atoms with Gasteiger partial charge in [-0.05, 0) is 36.8 Å². The van der Waals surface area contributed by atoms with Gasteiger partial charge in [-0.15, -0.1) is 11.6 Å². The number of halogens is 2. The monoisotopic (exact) mass is 310 g/mol.